The molecule has 6 nitrogen and oxygen atoms in total. The maximum atomic E-state index is 13.1. The molecule has 9 heteroatoms. The molecular weight excluding hydrogens is 287 g/mol. The third-order valence-corrected chi connectivity index (χ3v) is 3.62. The Morgan fingerprint density at radius 3 is 2.67 bits per heavy atom. The van der Waals surface area contributed by atoms with Crippen LogP contribution in [0.25, 0.3) is 11.5 Å². The van der Waals surface area contributed by atoms with Crippen molar-refractivity contribution < 1.29 is 17.7 Å². The fourth-order valence-corrected chi connectivity index (χ4v) is 2.61. The predicted octanol–water partition coefficient (Wildman–Crippen LogP) is 1.68. The highest BCUT2D eigenvalue weighted by molar-refractivity contribution is 5.46. The van der Waals surface area contributed by atoms with Crippen molar-refractivity contribution in [1.82, 2.24) is 24.8 Å². The zero-order chi connectivity index (χ0) is 15.2. The second-order valence-electron chi connectivity index (χ2n) is 5.31. The van der Waals surface area contributed by atoms with E-state index in [2.05, 4.69) is 15.2 Å². The molecule has 0 bridgehead atoms. The molecule has 0 amide bonds. The van der Waals surface area contributed by atoms with Crippen molar-refractivity contribution in [2.45, 2.75) is 12.1 Å². The highest BCUT2D eigenvalue weighted by Gasteiger charge is 2.51. The lowest BCUT2D eigenvalue weighted by molar-refractivity contribution is -0.175. The van der Waals surface area contributed by atoms with Gasteiger partial charge in [0, 0.05) is 26.3 Å². The van der Waals surface area contributed by atoms with Crippen molar-refractivity contribution in [1.29, 1.82) is 0 Å². The van der Waals surface area contributed by atoms with Gasteiger partial charge in [0.25, 0.3) is 0 Å². The van der Waals surface area contributed by atoms with Crippen LogP contribution in [0.4, 0.5) is 13.2 Å². The van der Waals surface area contributed by atoms with Crippen molar-refractivity contribution in [2.75, 3.05) is 20.1 Å². The van der Waals surface area contributed by atoms with E-state index in [1.54, 1.807) is 35.9 Å². The van der Waals surface area contributed by atoms with Crippen molar-refractivity contribution >= 4 is 0 Å². The second-order valence-corrected chi connectivity index (χ2v) is 5.31. The van der Waals surface area contributed by atoms with Crippen LogP contribution in [0.15, 0.2) is 16.8 Å². The molecule has 2 unspecified atom stereocenters. The first kappa shape index (κ1) is 14.1. The lowest BCUT2D eigenvalue weighted by Gasteiger charge is -2.18. The van der Waals surface area contributed by atoms with E-state index in [9.17, 15) is 13.2 Å². The molecule has 114 valence electrons. The average molecular weight is 301 g/mol. The summed E-state index contributed by atoms with van der Waals surface area (Å²) in [6, 6.07) is 1.68. The molecule has 0 aliphatic carbocycles. The SMILES string of the molecule is CN1CC(c2nc(-c3ccn(C)n3)no2)C(C(F)(F)F)C1. The van der Waals surface area contributed by atoms with Crippen LogP contribution in [0.3, 0.4) is 0 Å². The summed E-state index contributed by atoms with van der Waals surface area (Å²) in [5.74, 6) is -2.09. The monoisotopic (exact) mass is 301 g/mol. The first-order chi connectivity index (χ1) is 9.84. The minimum Gasteiger partial charge on any atom is -0.339 e. The van der Waals surface area contributed by atoms with E-state index in [-0.39, 0.29) is 24.8 Å². The van der Waals surface area contributed by atoms with Crippen molar-refractivity contribution in [3.63, 3.8) is 0 Å². The van der Waals surface area contributed by atoms with E-state index in [0.29, 0.717) is 5.69 Å². The molecule has 0 spiro atoms. The summed E-state index contributed by atoms with van der Waals surface area (Å²) in [7, 11) is 3.38. The smallest absolute Gasteiger partial charge is 0.339 e. The van der Waals surface area contributed by atoms with Gasteiger partial charge < -0.3 is 9.42 Å². The standard InChI is InChI=1S/C12H14F3N5O/c1-19-5-7(8(6-19)12(13,14)15)11-16-10(18-21-11)9-3-4-20(2)17-9/h3-4,7-8H,5-6H2,1-2H3. The van der Waals surface area contributed by atoms with Gasteiger partial charge in [-0.3, -0.25) is 4.68 Å². The Morgan fingerprint density at radius 2 is 2.05 bits per heavy atom. The fourth-order valence-electron chi connectivity index (χ4n) is 2.61. The van der Waals surface area contributed by atoms with E-state index in [1.807, 2.05) is 0 Å². The molecule has 3 heterocycles. The summed E-state index contributed by atoms with van der Waals surface area (Å²) in [6.45, 7) is 0.184. The summed E-state index contributed by atoms with van der Waals surface area (Å²) >= 11 is 0. The molecule has 0 aromatic carbocycles. The van der Waals surface area contributed by atoms with E-state index in [0.717, 1.165) is 0 Å². The van der Waals surface area contributed by atoms with Gasteiger partial charge in [-0.2, -0.15) is 23.3 Å². The van der Waals surface area contributed by atoms with Crippen LogP contribution in [-0.4, -0.2) is 51.1 Å². The van der Waals surface area contributed by atoms with E-state index in [4.69, 9.17) is 4.52 Å². The Hall–Kier alpha value is -1.90. The molecule has 1 aliphatic heterocycles. The average Bonchev–Trinajstić information content (AvgIpc) is 3.05. The highest BCUT2D eigenvalue weighted by Crippen LogP contribution is 2.42. The summed E-state index contributed by atoms with van der Waals surface area (Å²) in [6.07, 6.45) is -2.58. The Morgan fingerprint density at radius 1 is 1.29 bits per heavy atom. The maximum absolute atomic E-state index is 13.1. The first-order valence-corrected chi connectivity index (χ1v) is 6.43. The number of hydrogen-bond acceptors (Lipinski definition) is 5. The van der Waals surface area contributed by atoms with E-state index < -0.39 is 18.0 Å². The maximum Gasteiger partial charge on any atom is 0.393 e. The van der Waals surface area contributed by atoms with Gasteiger partial charge in [0.15, 0.2) is 0 Å². The van der Waals surface area contributed by atoms with E-state index >= 15 is 0 Å². The van der Waals surface area contributed by atoms with Crippen LogP contribution in [-0.2, 0) is 7.05 Å². The number of alkyl halides is 3. The number of aromatic nitrogens is 4. The number of aryl methyl sites for hydroxylation is 1. The first-order valence-electron chi connectivity index (χ1n) is 6.43. The third-order valence-electron chi connectivity index (χ3n) is 3.62. The molecule has 21 heavy (non-hydrogen) atoms. The molecule has 0 N–H and O–H groups in total. The Bertz CT molecular complexity index is 635. The topological polar surface area (TPSA) is 60.0 Å². The number of rotatable bonds is 2. The zero-order valence-corrected chi connectivity index (χ0v) is 11.5. The summed E-state index contributed by atoms with van der Waals surface area (Å²) < 4.78 is 45.8. The number of nitrogens with zero attached hydrogens (tertiary/aromatic N) is 5. The Labute approximate surface area is 118 Å². The molecule has 2 aromatic heterocycles. The van der Waals surface area contributed by atoms with Gasteiger partial charge in [0.05, 0.1) is 11.8 Å². The van der Waals surface area contributed by atoms with Gasteiger partial charge in [-0.25, -0.2) is 0 Å². The van der Waals surface area contributed by atoms with Crippen LogP contribution in [0.5, 0.6) is 0 Å². The number of likely N-dealkylation sites (tertiary alicyclic amines) is 1. The van der Waals surface area contributed by atoms with Crippen LogP contribution in [0.1, 0.15) is 11.8 Å². The number of likely N-dealkylation sites (N-methyl/N-ethyl adjacent to an activating group) is 1. The largest absolute Gasteiger partial charge is 0.393 e. The van der Waals surface area contributed by atoms with E-state index in [1.165, 1.54) is 0 Å². The van der Waals surface area contributed by atoms with Gasteiger partial charge in [0.1, 0.15) is 5.69 Å². The van der Waals surface area contributed by atoms with Crippen LogP contribution in [0, 0.1) is 5.92 Å². The van der Waals surface area contributed by atoms with Crippen LogP contribution in [0.2, 0.25) is 0 Å². The third kappa shape index (κ3) is 2.65. The molecule has 0 radical (unpaired) electrons. The minimum atomic E-state index is -4.28. The zero-order valence-electron chi connectivity index (χ0n) is 11.5. The highest BCUT2D eigenvalue weighted by atomic mass is 19.4. The van der Waals surface area contributed by atoms with Gasteiger partial charge >= 0.3 is 6.18 Å². The molecule has 1 aliphatic rings. The lowest BCUT2D eigenvalue weighted by Crippen LogP contribution is -2.29. The molecule has 1 saturated heterocycles. The van der Waals surface area contributed by atoms with Gasteiger partial charge in [0.2, 0.25) is 11.7 Å². The normalized spacial score (nSPS) is 23.9. The molecular formula is C12H14F3N5O. The molecule has 1 fully saturated rings. The summed E-state index contributed by atoms with van der Waals surface area (Å²) in [4.78, 5) is 5.71. The molecule has 2 aromatic rings. The quantitative estimate of drug-likeness (QED) is 0.844. The number of hydrogen-bond donors (Lipinski definition) is 0. The molecule has 2 atom stereocenters. The summed E-state index contributed by atoms with van der Waals surface area (Å²) in [5.41, 5.74) is 0.474. The summed E-state index contributed by atoms with van der Waals surface area (Å²) in [5, 5.41) is 7.84. The Kier molecular flexibility index (Phi) is 3.23. The fraction of sp³-hybridized carbons (Fsp3) is 0.583. The van der Waals surface area contributed by atoms with Gasteiger partial charge in [-0.1, -0.05) is 5.16 Å². The molecule has 3 rings (SSSR count). The van der Waals surface area contributed by atoms with Crippen molar-refractivity contribution in [3.8, 4) is 11.5 Å². The predicted molar refractivity (Wildman–Crippen MR) is 66.3 cm³/mol. The van der Waals surface area contributed by atoms with Crippen molar-refractivity contribution in [3.05, 3.63) is 18.2 Å². The number of halogens is 3. The van der Waals surface area contributed by atoms with Gasteiger partial charge in [-0.05, 0) is 13.1 Å². The lowest BCUT2D eigenvalue weighted by atomic mass is 9.95. The van der Waals surface area contributed by atoms with Crippen LogP contribution < -0.4 is 0 Å². The molecule has 0 saturated carbocycles. The Balaban J connectivity index is 1.88. The van der Waals surface area contributed by atoms with Gasteiger partial charge in [-0.15, -0.1) is 0 Å². The van der Waals surface area contributed by atoms with Crippen molar-refractivity contribution in [2.24, 2.45) is 13.0 Å². The minimum absolute atomic E-state index is 0.0160. The van der Waals surface area contributed by atoms with Crippen LogP contribution >= 0.6 is 0 Å². The second kappa shape index (κ2) is 4.83.